The second kappa shape index (κ2) is 5.69. The van der Waals surface area contributed by atoms with E-state index in [0.29, 0.717) is 6.42 Å². The predicted octanol–water partition coefficient (Wildman–Crippen LogP) is 2.16. The molecule has 1 aromatic carbocycles. The lowest BCUT2D eigenvalue weighted by Crippen LogP contribution is -2.27. The van der Waals surface area contributed by atoms with Crippen LogP contribution in [0.15, 0.2) is 18.2 Å². The standard InChI is InChI=1S/C13H14ClFO4S/c14-11-3-1-2-8(12(11)15)6-10(13(16)17)9-4-5-20(18,19)7-9/h1-3,9-10H,4-7H2,(H,16,17). The number of hydrogen-bond donors (Lipinski definition) is 1. The smallest absolute Gasteiger partial charge is 0.307 e. The minimum Gasteiger partial charge on any atom is -0.481 e. The van der Waals surface area contributed by atoms with Crippen LogP contribution in [0.5, 0.6) is 0 Å². The summed E-state index contributed by atoms with van der Waals surface area (Å²) < 4.78 is 36.7. The second-order valence-electron chi connectivity index (χ2n) is 5.02. The number of carboxylic acid groups (broad SMARTS) is 1. The van der Waals surface area contributed by atoms with Gasteiger partial charge in [0.15, 0.2) is 9.84 Å². The van der Waals surface area contributed by atoms with Gasteiger partial charge in [0.25, 0.3) is 0 Å². The Morgan fingerprint density at radius 3 is 2.75 bits per heavy atom. The molecule has 2 atom stereocenters. The molecule has 4 nitrogen and oxygen atoms in total. The van der Waals surface area contributed by atoms with Gasteiger partial charge in [0.2, 0.25) is 0 Å². The first kappa shape index (κ1) is 15.3. The van der Waals surface area contributed by atoms with Crippen LogP contribution in [-0.4, -0.2) is 31.0 Å². The zero-order valence-corrected chi connectivity index (χ0v) is 12.1. The third-order valence-corrected chi connectivity index (χ3v) is 5.71. The minimum absolute atomic E-state index is 0.000521. The Morgan fingerprint density at radius 1 is 1.50 bits per heavy atom. The molecule has 1 N–H and O–H groups in total. The van der Waals surface area contributed by atoms with Crippen LogP contribution in [0.2, 0.25) is 5.02 Å². The van der Waals surface area contributed by atoms with Crippen LogP contribution >= 0.6 is 11.6 Å². The van der Waals surface area contributed by atoms with Gasteiger partial charge in [0.05, 0.1) is 22.4 Å². The summed E-state index contributed by atoms with van der Waals surface area (Å²) in [7, 11) is -3.17. The molecule has 2 unspecified atom stereocenters. The number of benzene rings is 1. The molecule has 1 heterocycles. The zero-order valence-electron chi connectivity index (χ0n) is 10.6. The van der Waals surface area contributed by atoms with Crippen LogP contribution in [-0.2, 0) is 21.1 Å². The Labute approximate surface area is 121 Å². The fourth-order valence-electron chi connectivity index (χ4n) is 2.54. The first-order valence-electron chi connectivity index (χ1n) is 6.16. The summed E-state index contributed by atoms with van der Waals surface area (Å²) in [5, 5.41) is 9.21. The normalized spacial score (nSPS) is 22.6. The van der Waals surface area contributed by atoms with Crippen LogP contribution in [0.25, 0.3) is 0 Å². The third kappa shape index (κ3) is 3.30. The van der Waals surface area contributed by atoms with Crippen molar-refractivity contribution >= 4 is 27.4 Å². The fraction of sp³-hybridized carbons (Fsp3) is 0.462. The van der Waals surface area contributed by atoms with Gasteiger partial charge in [-0.3, -0.25) is 4.79 Å². The predicted molar refractivity (Wildman–Crippen MR) is 73.0 cm³/mol. The Bertz CT molecular complexity index is 629. The van der Waals surface area contributed by atoms with E-state index in [4.69, 9.17) is 11.6 Å². The largest absolute Gasteiger partial charge is 0.481 e. The van der Waals surface area contributed by atoms with Gasteiger partial charge in [0, 0.05) is 0 Å². The average molecular weight is 321 g/mol. The maximum atomic E-state index is 13.8. The summed E-state index contributed by atoms with van der Waals surface area (Å²) in [6.07, 6.45) is 0.253. The van der Waals surface area contributed by atoms with Crippen molar-refractivity contribution in [2.75, 3.05) is 11.5 Å². The Morgan fingerprint density at radius 2 is 2.20 bits per heavy atom. The van der Waals surface area contributed by atoms with Crippen LogP contribution < -0.4 is 0 Å². The van der Waals surface area contributed by atoms with Crippen molar-refractivity contribution in [2.24, 2.45) is 11.8 Å². The topological polar surface area (TPSA) is 71.4 Å². The van der Waals surface area contributed by atoms with Gasteiger partial charge in [-0.25, -0.2) is 12.8 Å². The van der Waals surface area contributed by atoms with Crippen LogP contribution in [0.1, 0.15) is 12.0 Å². The molecule has 0 amide bonds. The van der Waals surface area contributed by atoms with E-state index < -0.39 is 33.5 Å². The summed E-state index contributed by atoms with van der Waals surface area (Å²) in [4.78, 5) is 11.3. The molecule has 0 spiro atoms. The quantitative estimate of drug-likeness (QED) is 0.922. The molecule has 1 aliphatic heterocycles. The molecule has 1 aromatic rings. The van der Waals surface area contributed by atoms with Crippen molar-refractivity contribution < 1.29 is 22.7 Å². The summed E-state index contributed by atoms with van der Waals surface area (Å²) in [5.74, 6) is -3.28. The summed E-state index contributed by atoms with van der Waals surface area (Å²) in [6.45, 7) is 0. The number of halogens is 2. The van der Waals surface area contributed by atoms with Gasteiger partial charge in [0.1, 0.15) is 5.82 Å². The molecule has 0 aromatic heterocycles. The molecule has 0 bridgehead atoms. The van der Waals surface area contributed by atoms with Crippen molar-refractivity contribution in [2.45, 2.75) is 12.8 Å². The highest BCUT2D eigenvalue weighted by Crippen LogP contribution is 2.30. The van der Waals surface area contributed by atoms with E-state index in [1.807, 2.05) is 0 Å². The second-order valence-corrected chi connectivity index (χ2v) is 7.66. The lowest BCUT2D eigenvalue weighted by atomic mass is 9.86. The van der Waals surface area contributed by atoms with Crippen molar-refractivity contribution in [3.05, 3.63) is 34.6 Å². The molecule has 110 valence electrons. The van der Waals surface area contributed by atoms with E-state index in [9.17, 15) is 22.7 Å². The van der Waals surface area contributed by atoms with Crippen molar-refractivity contribution in [3.8, 4) is 0 Å². The van der Waals surface area contributed by atoms with E-state index >= 15 is 0 Å². The van der Waals surface area contributed by atoms with E-state index in [1.165, 1.54) is 12.1 Å². The number of aliphatic carboxylic acids is 1. The van der Waals surface area contributed by atoms with Crippen molar-refractivity contribution in [1.82, 2.24) is 0 Å². The number of carboxylic acids is 1. The lowest BCUT2D eigenvalue weighted by Gasteiger charge is -2.18. The van der Waals surface area contributed by atoms with E-state index in [-0.39, 0.29) is 28.5 Å². The Kier molecular flexibility index (Phi) is 4.34. The molecule has 1 fully saturated rings. The van der Waals surface area contributed by atoms with E-state index in [1.54, 1.807) is 6.07 Å². The monoisotopic (exact) mass is 320 g/mol. The van der Waals surface area contributed by atoms with Gasteiger partial charge in [-0.15, -0.1) is 0 Å². The third-order valence-electron chi connectivity index (χ3n) is 3.63. The fourth-order valence-corrected chi connectivity index (χ4v) is 4.61. The number of hydrogen-bond acceptors (Lipinski definition) is 3. The SMILES string of the molecule is O=C(O)C(Cc1cccc(Cl)c1F)C1CCS(=O)(=O)C1. The Balaban J connectivity index is 2.23. The van der Waals surface area contributed by atoms with Gasteiger partial charge in [-0.2, -0.15) is 0 Å². The summed E-state index contributed by atoms with van der Waals surface area (Å²) in [5.41, 5.74) is 0.203. The molecule has 1 aliphatic rings. The van der Waals surface area contributed by atoms with Crippen LogP contribution in [0.3, 0.4) is 0 Å². The van der Waals surface area contributed by atoms with Gasteiger partial charge >= 0.3 is 5.97 Å². The van der Waals surface area contributed by atoms with Crippen molar-refractivity contribution in [1.29, 1.82) is 0 Å². The van der Waals surface area contributed by atoms with Gasteiger partial charge in [-0.05, 0) is 30.4 Å². The molecule has 2 rings (SSSR count). The highest BCUT2D eigenvalue weighted by Gasteiger charge is 2.37. The first-order chi connectivity index (χ1) is 9.30. The number of carbonyl (C=O) groups is 1. The van der Waals surface area contributed by atoms with E-state index in [2.05, 4.69) is 0 Å². The Hall–Kier alpha value is -1.14. The molecule has 0 radical (unpaired) electrons. The lowest BCUT2D eigenvalue weighted by molar-refractivity contribution is -0.143. The molecule has 20 heavy (non-hydrogen) atoms. The highest BCUT2D eigenvalue weighted by atomic mass is 35.5. The maximum Gasteiger partial charge on any atom is 0.307 e. The van der Waals surface area contributed by atoms with Crippen LogP contribution in [0, 0.1) is 17.7 Å². The van der Waals surface area contributed by atoms with Crippen LogP contribution in [0.4, 0.5) is 4.39 Å². The summed E-state index contributed by atoms with van der Waals surface area (Å²) >= 11 is 5.66. The number of sulfone groups is 1. The molecular formula is C13H14ClFO4S. The minimum atomic E-state index is -3.17. The zero-order chi connectivity index (χ0) is 14.9. The maximum absolute atomic E-state index is 13.8. The molecule has 1 saturated heterocycles. The average Bonchev–Trinajstić information content (AvgIpc) is 2.71. The highest BCUT2D eigenvalue weighted by molar-refractivity contribution is 7.91. The van der Waals surface area contributed by atoms with Gasteiger partial charge in [-0.1, -0.05) is 23.7 Å². The van der Waals surface area contributed by atoms with Crippen molar-refractivity contribution in [3.63, 3.8) is 0 Å². The number of rotatable bonds is 4. The molecule has 0 saturated carbocycles. The van der Waals surface area contributed by atoms with E-state index in [0.717, 1.165) is 0 Å². The van der Waals surface area contributed by atoms with Gasteiger partial charge < -0.3 is 5.11 Å². The molecular weight excluding hydrogens is 307 g/mol. The molecule has 7 heteroatoms. The first-order valence-corrected chi connectivity index (χ1v) is 8.36. The molecule has 0 aliphatic carbocycles. The summed E-state index contributed by atoms with van der Waals surface area (Å²) in [6, 6.07) is 4.40.